The fourth-order valence-corrected chi connectivity index (χ4v) is 4.05. The van der Waals surface area contributed by atoms with Crippen molar-refractivity contribution in [3.05, 3.63) is 59.9 Å². The highest BCUT2D eigenvalue weighted by Crippen LogP contribution is 2.35. The van der Waals surface area contributed by atoms with E-state index in [1.807, 2.05) is 18.2 Å². The minimum atomic E-state index is -0.456. The first-order valence-electron chi connectivity index (χ1n) is 10.2. The highest BCUT2D eigenvalue weighted by molar-refractivity contribution is 7.99. The average Bonchev–Trinajstić information content (AvgIpc) is 2.79. The molecule has 32 heavy (non-hydrogen) atoms. The van der Waals surface area contributed by atoms with Gasteiger partial charge in [-0.15, -0.1) is 0 Å². The number of anilines is 2. The van der Waals surface area contributed by atoms with Crippen molar-refractivity contribution in [2.45, 2.75) is 16.4 Å². The lowest BCUT2D eigenvalue weighted by molar-refractivity contribution is 0.1000. The Kier molecular flexibility index (Phi) is 6.72. The van der Waals surface area contributed by atoms with Crippen molar-refractivity contribution in [2.75, 3.05) is 43.9 Å². The van der Waals surface area contributed by atoms with Crippen molar-refractivity contribution in [2.24, 2.45) is 5.73 Å². The Morgan fingerprint density at radius 3 is 2.56 bits per heavy atom. The van der Waals surface area contributed by atoms with Crippen molar-refractivity contribution < 1.29 is 9.53 Å². The van der Waals surface area contributed by atoms with Gasteiger partial charge in [0.15, 0.2) is 0 Å². The van der Waals surface area contributed by atoms with Crippen molar-refractivity contribution in [1.29, 1.82) is 0 Å². The van der Waals surface area contributed by atoms with Crippen LogP contribution in [0.3, 0.4) is 0 Å². The Morgan fingerprint density at radius 2 is 1.88 bits per heavy atom. The van der Waals surface area contributed by atoms with Crippen LogP contribution in [0.25, 0.3) is 0 Å². The molecule has 3 heterocycles. The summed E-state index contributed by atoms with van der Waals surface area (Å²) in [5, 5.41) is 0. The molecule has 1 aliphatic rings. The van der Waals surface area contributed by atoms with Crippen LogP contribution in [0.2, 0.25) is 0 Å². The largest absolute Gasteiger partial charge is 0.472 e. The summed E-state index contributed by atoms with van der Waals surface area (Å²) in [5.74, 6) is 1.13. The number of nitrogen functional groups attached to an aromatic ring is 1. The Bertz CT molecular complexity index is 1090. The van der Waals surface area contributed by atoms with E-state index in [0.29, 0.717) is 29.8 Å². The molecule has 0 saturated carbocycles. The molecular weight excluding hydrogens is 426 g/mol. The third-order valence-electron chi connectivity index (χ3n) is 5.08. The first-order valence-corrected chi connectivity index (χ1v) is 11.0. The topological polar surface area (TPSA) is 123 Å². The van der Waals surface area contributed by atoms with Gasteiger partial charge in [0.05, 0.1) is 11.1 Å². The molecule has 2 aromatic heterocycles. The predicted molar refractivity (Wildman–Crippen MR) is 124 cm³/mol. The van der Waals surface area contributed by atoms with Gasteiger partial charge < -0.3 is 26.0 Å². The number of primary amides is 1. The lowest BCUT2D eigenvalue weighted by Gasteiger charge is -2.32. The van der Waals surface area contributed by atoms with Gasteiger partial charge in [0.2, 0.25) is 17.7 Å². The average molecular weight is 452 g/mol. The van der Waals surface area contributed by atoms with Gasteiger partial charge in [0, 0.05) is 42.8 Å². The maximum absolute atomic E-state index is 11.3. The number of rotatable bonds is 7. The highest BCUT2D eigenvalue weighted by atomic mass is 32.2. The number of likely N-dealkylation sites (N-methyl/N-ethyl adjacent to an activating group) is 1. The summed E-state index contributed by atoms with van der Waals surface area (Å²) in [6.07, 6.45) is 3.43. The number of nitrogens with zero attached hydrogens (tertiary/aromatic N) is 5. The normalized spacial score (nSPS) is 14.3. The van der Waals surface area contributed by atoms with E-state index in [1.54, 1.807) is 30.6 Å². The zero-order valence-corrected chi connectivity index (χ0v) is 18.6. The molecule has 0 unspecified atom stereocenters. The van der Waals surface area contributed by atoms with Crippen LogP contribution in [0.1, 0.15) is 15.9 Å². The van der Waals surface area contributed by atoms with Crippen molar-refractivity contribution in [1.82, 2.24) is 19.9 Å². The summed E-state index contributed by atoms with van der Waals surface area (Å²) in [5.41, 5.74) is 12.5. The zero-order chi connectivity index (χ0) is 22.5. The molecule has 0 radical (unpaired) electrons. The van der Waals surface area contributed by atoms with Crippen molar-refractivity contribution in [3.8, 4) is 5.88 Å². The molecule has 4 N–H and O–H groups in total. The third-order valence-corrected chi connectivity index (χ3v) is 6.09. The molecule has 4 rings (SSSR count). The molecule has 3 aromatic rings. The summed E-state index contributed by atoms with van der Waals surface area (Å²) in [6, 6.07) is 10.7. The van der Waals surface area contributed by atoms with Crippen LogP contribution in [0.5, 0.6) is 5.88 Å². The van der Waals surface area contributed by atoms with Gasteiger partial charge in [0.1, 0.15) is 12.4 Å². The summed E-state index contributed by atoms with van der Waals surface area (Å²) >= 11 is 1.46. The lowest BCUT2D eigenvalue weighted by atomic mass is 10.2. The van der Waals surface area contributed by atoms with E-state index in [1.165, 1.54) is 11.8 Å². The molecule has 1 fully saturated rings. The third kappa shape index (κ3) is 5.45. The second kappa shape index (κ2) is 9.84. The Morgan fingerprint density at radius 1 is 1.12 bits per heavy atom. The fraction of sp³-hybridized carbons (Fsp3) is 0.273. The van der Waals surface area contributed by atoms with E-state index < -0.39 is 5.91 Å². The summed E-state index contributed by atoms with van der Waals surface area (Å²) in [6.45, 7) is 3.94. The van der Waals surface area contributed by atoms with Crippen LogP contribution in [0.4, 0.5) is 11.8 Å². The van der Waals surface area contributed by atoms with Crippen LogP contribution in [0.15, 0.2) is 58.6 Å². The van der Waals surface area contributed by atoms with Crippen LogP contribution in [-0.4, -0.2) is 59.0 Å². The molecule has 1 saturated heterocycles. The van der Waals surface area contributed by atoms with E-state index in [9.17, 15) is 4.79 Å². The van der Waals surface area contributed by atoms with Crippen LogP contribution in [0, 0.1) is 0 Å². The van der Waals surface area contributed by atoms with Gasteiger partial charge in [-0.3, -0.25) is 4.79 Å². The van der Waals surface area contributed by atoms with Gasteiger partial charge in [0.25, 0.3) is 0 Å². The van der Waals surface area contributed by atoms with Crippen LogP contribution in [-0.2, 0) is 6.61 Å². The van der Waals surface area contributed by atoms with Crippen LogP contribution >= 0.6 is 11.8 Å². The molecule has 1 amide bonds. The molecule has 1 aromatic carbocycles. The van der Waals surface area contributed by atoms with Crippen molar-refractivity contribution >= 4 is 29.4 Å². The molecule has 10 heteroatoms. The lowest BCUT2D eigenvalue weighted by Crippen LogP contribution is -2.45. The smallest absolute Gasteiger partial charge is 0.248 e. The number of nitrogens with two attached hydrogens (primary N) is 2. The molecular formula is C22H25N7O2S. The number of hydrogen-bond donors (Lipinski definition) is 2. The molecule has 0 bridgehead atoms. The van der Waals surface area contributed by atoms with Gasteiger partial charge >= 0.3 is 0 Å². The Hall–Kier alpha value is -3.37. The summed E-state index contributed by atoms with van der Waals surface area (Å²) in [4.78, 5) is 30.8. The molecule has 9 nitrogen and oxygen atoms in total. The zero-order valence-electron chi connectivity index (χ0n) is 17.8. The van der Waals surface area contributed by atoms with Gasteiger partial charge in [-0.05, 0) is 49.0 Å². The van der Waals surface area contributed by atoms with Gasteiger partial charge in [-0.1, -0.05) is 11.8 Å². The number of carbonyl (C=O) groups excluding carboxylic acids is 1. The maximum Gasteiger partial charge on any atom is 0.248 e. The number of hydrogen-bond acceptors (Lipinski definition) is 9. The SMILES string of the molecule is CN1CCN(c2ncc(Sc3ccc(C(N)=O)cc3)c(OCc3ccnc(N)c3)n2)CC1. The molecule has 0 aliphatic carbocycles. The monoisotopic (exact) mass is 451 g/mol. The van der Waals surface area contributed by atoms with E-state index in [2.05, 4.69) is 26.8 Å². The maximum atomic E-state index is 11.3. The Labute approximate surface area is 190 Å². The highest BCUT2D eigenvalue weighted by Gasteiger charge is 2.19. The van der Waals surface area contributed by atoms with Crippen LogP contribution < -0.4 is 21.1 Å². The molecule has 0 spiro atoms. The Balaban J connectivity index is 1.57. The van der Waals surface area contributed by atoms with Gasteiger partial charge in [-0.25, -0.2) is 9.97 Å². The first kappa shape index (κ1) is 21.8. The number of amides is 1. The number of aromatic nitrogens is 3. The minimum absolute atomic E-state index is 0.306. The van der Waals surface area contributed by atoms with E-state index >= 15 is 0 Å². The van der Waals surface area contributed by atoms with E-state index in [0.717, 1.165) is 41.5 Å². The summed E-state index contributed by atoms with van der Waals surface area (Å²) < 4.78 is 6.10. The quantitative estimate of drug-likeness (QED) is 0.555. The van der Waals surface area contributed by atoms with E-state index in [-0.39, 0.29) is 0 Å². The minimum Gasteiger partial charge on any atom is -0.472 e. The van der Waals surface area contributed by atoms with Crippen molar-refractivity contribution in [3.63, 3.8) is 0 Å². The standard InChI is InChI=1S/C22H25N7O2S/c1-28-8-10-29(11-9-28)22-26-13-18(32-17-4-2-16(3-5-17)20(24)30)21(27-22)31-14-15-6-7-25-19(23)12-15/h2-7,12-13H,8-11,14H2,1H3,(H2,23,25)(H2,24,30). The molecule has 166 valence electrons. The molecule has 1 aliphatic heterocycles. The fourth-order valence-electron chi connectivity index (χ4n) is 3.23. The van der Waals surface area contributed by atoms with E-state index in [4.69, 9.17) is 21.2 Å². The second-order valence-electron chi connectivity index (χ2n) is 7.50. The predicted octanol–water partition coefficient (Wildman–Crippen LogP) is 2.03. The summed E-state index contributed by atoms with van der Waals surface area (Å²) in [7, 11) is 2.11. The first-order chi connectivity index (χ1) is 15.5. The number of ether oxygens (including phenoxy) is 1. The number of piperazine rings is 1. The number of carbonyl (C=O) groups is 1. The number of pyridine rings is 1. The number of benzene rings is 1. The van der Waals surface area contributed by atoms with Gasteiger partial charge in [-0.2, -0.15) is 4.98 Å². The molecule has 0 atom stereocenters. The second-order valence-corrected chi connectivity index (χ2v) is 8.61.